The summed E-state index contributed by atoms with van der Waals surface area (Å²) in [4.78, 5) is 24.3. The van der Waals surface area contributed by atoms with E-state index >= 15 is 0 Å². The van der Waals surface area contributed by atoms with Gasteiger partial charge in [-0.1, -0.05) is 31.6 Å². The Hall–Kier alpha value is -1.48. The zero-order chi connectivity index (χ0) is 15.9. The van der Waals surface area contributed by atoms with Crippen LogP contribution in [0.1, 0.15) is 46.0 Å². The summed E-state index contributed by atoms with van der Waals surface area (Å²) >= 11 is 0. The van der Waals surface area contributed by atoms with Crippen molar-refractivity contribution in [3.63, 3.8) is 0 Å². The predicted octanol–water partition coefficient (Wildman–Crippen LogP) is 3.60. The third kappa shape index (κ3) is 5.28. The molecule has 1 aromatic rings. The van der Waals surface area contributed by atoms with E-state index in [2.05, 4.69) is 0 Å². The minimum atomic E-state index is -0.443. The van der Waals surface area contributed by atoms with Gasteiger partial charge < -0.3 is 9.47 Å². The van der Waals surface area contributed by atoms with Crippen molar-refractivity contribution in [3.05, 3.63) is 59.2 Å². The molecule has 0 amide bonds. The average molecular weight is 392 g/mol. The normalized spacial score (nSPS) is 12.8. The largest absolute Gasteiger partial charge is 0.462 e. The molecular weight excluding hydrogens is 371 g/mol. The minimum absolute atomic E-state index is 0. The molecule has 0 heterocycles. The van der Waals surface area contributed by atoms with Gasteiger partial charge in [-0.05, 0) is 43.2 Å². The fraction of sp³-hybridized carbons (Fsp3) is 0.333. The van der Waals surface area contributed by atoms with E-state index in [4.69, 9.17) is 9.47 Å². The van der Waals surface area contributed by atoms with E-state index < -0.39 is 11.9 Å². The van der Waals surface area contributed by atoms with Crippen LogP contribution in [0, 0.1) is 6.92 Å². The maximum atomic E-state index is 12.2. The topological polar surface area (TPSA) is 52.6 Å². The molecule has 120 valence electrons. The van der Waals surface area contributed by atoms with E-state index in [1.165, 1.54) is 0 Å². The molecule has 0 aliphatic heterocycles. The molecule has 1 aliphatic rings. The van der Waals surface area contributed by atoms with E-state index in [9.17, 15) is 9.59 Å². The summed E-state index contributed by atoms with van der Waals surface area (Å²) in [6.45, 7) is 4.15. The van der Waals surface area contributed by atoms with Crippen LogP contribution in [0.5, 0.6) is 0 Å². The average Bonchev–Trinajstić information content (AvgIpc) is 3.00. The van der Waals surface area contributed by atoms with Gasteiger partial charge in [-0.3, -0.25) is 0 Å². The zero-order valence-electron chi connectivity index (χ0n) is 13.4. The van der Waals surface area contributed by atoms with Crippen LogP contribution in [0.3, 0.4) is 0 Å². The summed E-state index contributed by atoms with van der Waals surface area (Å²) in [5, 5.41) is 0. The Morgan fingerprint density at radius 1 is 1.09 bits per heavy atom. The van der Waals surface area contributed by atoms with Gasteiger partial charge in [0.05, 0.1) is 17.7 Å². The molecule has 0 spiro atoms. The van der Waals surface area contributed by atoms with Crippen LogP contribution in [0.25, 0.3) is 0 Å². The molecule has 0 bridgehead atoms. The van der Waals surface area contributed by atoms with Crippen molar-refractivity contribution in [2.24, 2.45) is 0 Å². The van der Waals surface area contributed by atoms with Crippen molar-refractivity contribution in [2.45, 2.75) is 32.8 Å². The van der Waals surface area contributed by atoms with E-state index in [1.54, 1.807) is 37.3 Å². The molecule has 1 aliphatic carbocycles. The maximum absolute atomic E-state index is 12.2. The van der Waals surface area contributed by atoms with E-state index in [0.29, 0.717) is 23.3 Å². The Morgan fingerprint density at radius 2 is 1.70 bits per heavy atom. The third-order valence-electron chi connectivity index (χ3n) is 3.46. The summed E-state index contributed by atoms with van der Waals surface area (Å²) in [7, 11) is 0. The molecule has 0 atom stereocenters. The molecule has 5 heteroatoms. The number of allylic oxidation sites excluding steroid dienone is 2. The van der Waals surface area contributed by atoms with Gasteiger partial charge in [-0.25, -0.2) is 9.59 Å². The first-order chi connectivity index (χ1) is 10.6. The second-order valence-electron chi connectivity index (χ2n) is 5.11. The predicted molar refractivity (Wildman–Crippen MR) is 83.9 cm³/mol. The molecule has 23 heavy (non-hydrogen) atoms. The summed E-state index contributed by atoms with van der Waals surface area (Å²) < 4.78 is 10.6. The summed E-state index contributed by atoms with van der Waals surface area (Å²) in [5.41, 5.74) is 1.38. The van der Waals surface area contributed by atoms with Crippen LogP contribution < -0.4 is 0 Å². The fourth-order valence-corrected chi connectivity index (χ4v) is 2.14. The van der Waals surface area contributed by atoms with Crippen molar-refractivity contribution < 1.29 is 45.3 Å². The van der Waals surface area contributed by atoms with Gasteiger partial charge in [0.15, 0.2) is 0 Å². The smallest absolute Gasteiger partial charge is 0.339 e. The monoisotopic (exact) mass is 390 g/mol. The van der Waals surface area contributed by atoms with Gasteiger partial charge in [0.25, 0.3) is 0 Å². The van der Waals surface area contributed by atoms with Gasteiger partial charge in [0, 0.05) is 26.2 Å². The van der Waals surface area contributed by atoms with E-state index in [-0.39, 0.29) is 32.3 Å². The first-order valence-corrected chi connectivity index (χ1v) is 7.46. The van der Waals surface area contributed by atoms with Crippen molar-refractivity contribution in [1.29, 1.82) is 0 Å². The van der Waals surface area contributed by atoms with Gasteiger partial charge in [-0.2, -0.15) is 0 Å². The molecule has 1 aromatic carbocycles. The number of ether oxygens (including phenoxy) is 2. The number of carbonyl (C=O) groups is 2. The molecule has 2 rings (SSSR count). The summed E-state index contributed by atoms with van der Waals surface area (Å²) in [6, 6.07) is 4.99. The van der Waals surface area contributed by atoms with Gasteiger partial charge in [-0.15, -0.1) is 0 Å². The zero-order valence-corrected chi connectivity index (χ0v) is 15.8. The number of benzene rings is 1. The van der Waals surface area contributed by atoms with Crippen LogP contribution in [-0.4, -0.2) is 24.6 Å². The quantitative estimate of drug-likeness (QED) is 0.549. The van der Waals surface area contributed by atoms with Crippen LogP contribution in [0.2, 0.25) is 0 Å². The molecule has 0 N–H and O–H groups in total. The van der Waals surface area contributed by atoms with Gasteiger partial charge >= 0.3 is 11.9 Å². The molecule has 0 saturated heterocycles. The van der Waals surface area contributed by atoms with Gasteiger partial charge in [0.2, 0.25) is 0 Å². The standard InChI is InChI=1S/C18H20O4.Zr/c1-3-4-12-21-17(19)15-10-7-11-16(13(15)2)18(20)22-14-8-5-6-9-14;/h5-11,14H,3-4,12H2,1-2H3;. The third-order valence-corrected chi connectivity index (χ3v) is 3.46. The van der Waals surface area contributed by atoms with E-state index in [1.807, 2.05) is 19.1 Å². The molecule has 0 unspecified atom stereocenters. The molecule has 0 aromatic heterocycles. The van der Waals surface area contributed by atoms with Crippen molar-refractivity contribution in [3.8, 4) is 0 Å². The Morgan fingerprint density at radius 3 is 2.30 bits per heavy atom. The molecule has 0 saturated carbocycles. The first kappa shape index (κ1) is 19.6. The van der Waals surface area contributed by atoms with Crippen molar-refractivity contribution in [1.82, 2.24) is 0 Å². The number of carbonyl (C=O) groups excluding carboxylic acids is 2. The van der Waals surface area contributed by atoms with Crippen LogP contribution >= 0.6 is 0 Å². The molecule has 4 nitrogen and oxygen atoms in total. The minimum Gasteiger partial charge on any atom is -0.462 e. The number of hydrogen-bond donors (Lipinski definition) is 0. The maximum Gasteiger partial charge on any atom is 0.339 e. The molecule has 0 radical (unpaired) electrons. The van der Waals surface area contributed by atoms with Crippen LogP contribution in [0.15, 0.2) is 42.5 Å². The summed E-state index contributed by atoms with van der Waals surface area (Å²) in [6.07, 6.45) is 8.67. The van der Waals surface area contributed by atoms with Crippen molar-refractivity contribution >= 4 is 11.9 Å². The Bertz CT molecular complexity index is 607. The molecule has 0 fully saturated rings. The SMILES string of the molecule is CCCCOC(=O)c1cccc(C(=O)OC2C=CC=C2)c1C.[Zr]. The van der Waals surface area contributed by atoms with E-state index in [0.717, 1.165) is 12.8 Å². The fourth-order valence-electron chi connectivity index (χ4n) is 2.14. The number of unbranched alkanes of at least 4 members (excludes halogenated alkanes) is 1. The van der Waals surface area contributed by atoms with Gasteiger partial charge in [0.1, 0.15) is 6.10 Å². The Balaban J connectivity index is 0.00000264. The number of esters is 2. The Kier molecular flexibility index (Phi) is 8.18. The Labute approximate surface area is 155 Å². The number of rotatable bonds is 6. The molecular formula is C18H20O4Zr. The summed E-state index contributed by atoms with van der Waals surface area (Å²) in [5.74, 6) is -0.844. The second kappa shape index (κ2) is 9.61. The van der Waals surface area contributed by atoms with Crippen LogP contribution in [0.4, 0.5) is 0 Å². The van der Waals surface area contributed by atoms with Crippen molar-refractivity contribution in [2.75, 3.05) is 6.61 Å². The first-order valence-electron chi connectivity index (χ1n) is 7.46. The number of hydrogen-bond acceptors (Lipinski definition) is 4. The second-order valence-corrected chi connectivity index (χ2v) is 5.11. The van der Waals surface area contributed by atoms with Crippen LogP contribution in [-0.2, 0) is 35.7 Å².